The summed E-state index contributed by atoms with van der Waals surface area (Å²) in [6.07, 6.45) is 0. The number of nitrogens with zero attached hydrogens (tertiary/aromatic N) is 4. The van der Waals surface area contributed by atoms with Crippen LogP contribution in [0.25, 0.3) is 39.4 Å². The number of aryl methyl sites for hydroxylation is 1. The van der Waals surface area contributed by atoms with Crippen LogP contribution in [0, 0.1) is 6.92 Å². The van der Waals surface area contributed by atoms with E-state index < -0.39 is 0 Å². The van der Waals surface area contributed by atoms with E-state index in [-0.39, 0.29) is 0 Å². The Labute approximate surface area is 172 Å². The predicted molar refractivity (Wildman–Crippen MR) is 115 cm³/mol. The van der Waals surface area contributed by atoms with Crippen LogP contribution in [0.2, 0.25) is 0 Å². The summed E-state index contributed by atoms with van der Waals surface area (Å²) in [5, 5.41) is 0. The monoisotopic (exact) mass is 394 g/mol. The van der Waals surface area contributed by atoms with Crippen molar-refractivity contribution in [2.45, 2.75) is 6.92 Å². The maximum Gasteiger partial charge on any atom is 0.199 e. The van der Waals surface area contributed by atoms with Gasteiger partial charge in [0, 0.05) is 11.6 Å². The summed E-state index contributed by atoms with van der Waals surface area (Å²) in [4.78, 5) is 14.5. The van der Waals surface area contributed by atoms with Gasteiger partial charge in [-0.05, 0) is 31.2 Å². The van der Waals surface area contributed by atoms with Crippen molar-refractivity contribution in [3.05, 3.63) is 72.3 Å². The molecule has 0 atom stereocenters. The van der Waals surface area contributed by atoms with Gasteiger partial charge < -0.3 is 9.47 Å². The molecule has 6 heteroatoms. The zero-order valence-corrected chi connectivity index (χ0v) is 16.4. The second kappa shape index (κ2) is 6.56. The van der Waals surface area contributed by atoms with Crippen LogP contribution in [-0.4, -0.2) is 32.7 Å². The summed E-state index contributed by atoms with van der Waals surface area (Å²) in [5.74, 6) is 2.27. The number of para-hydroxylation sites is 2. The zero-order valence-electron chi connectivity index (χ0n) is 16.4. The highest BCUT2D eigenvalue weighted by atomic mass is 16.6. The van der Waals surface area contributed by atoms with E-state index in [0.717, 1.165) is 39.6 Å². The molecule has 0 radical (unpaired) electrons. The molecule has 0 fully saturated rings. The van der Waals surface area contributed by atoms with Crippen molar-refractivity contribution in [1.29, 1.82) is 0 Å². The third kappa shape index (κ3) is 2.69. The molecule has 0 amide bonds. The Morgan fingerprint density at radius 2 is 1.50 bits per heavy atom. The van der Waals surface area contributed by atoms with Crippen molar-refractivity contribution < 1.29 is 9.47 Å². The van der Waals surface area contributed by atoms with E-state index in [1.807, 2.05) is 47.0 Å². The Morgan fingerprint density at radius 1 is 0.767 bits per heavy atom. The van der Waals surface area contributed by atoms with Crippen molar-refractivity contribution in [3.8, 4) is 28.6 Å². The Kier molecular flexibility index (Phi) is 3.71. The Balaban J connectivity index is 1.66. The highest BCUT2D eigenvalue weighted by Gasteiger charge is 2.20. The van der Waals surface area contributed by atoms with E-state index in [9.17, 15) is 0 Å². The molecule has 0 bridgehead atoms. The quantitative estimate of drug-likeness (QED) is 0.434. The van der Waals surface area contributed by atoms with Gasteiger partial charge in [-0.15, -0.1) is 0 Å². The van der Waals surface area contributed by atoms with Crippen LogP contribution in [0.3, 0.4) is 0 Å². The average Bonchev–Trinajstić information content (AvgIpc) is 3.16. The molecule has 0 aliphatic carbocycles. The van der Waals surface area contributed by atoms with Crippen LogP contribution >= 0.6 is 0 Å². The van der Waals surface area contributed by atoms with Crippen LogP contribution in [0.1, 0.15) is 5.56 Å². The minimum Gasteiger partial charge on any atom is -0.486 e. The van der Waals surface area contributed by atoms with Crippen molar-refractivity contribution >= 4 is 22.3 Å². The van der Waals surface area contributed by atoms with Crippen LogP contribution in [0.15, 0.2) is 66.7 Å². The van der Waals surface area contributed by atoms with Crippen molar-refractivity contribution in [2.75, 3.05) is 13.2 Å². The number of rotatable bonds is 2. The molecule has 3 heterocycles. The number of imidazole rings is 1. The van der Waals surface area contributed by atoms with Gasteiger partial charge in [-0.2, -0.15) is 0 Å². The average molecular weight is 394 g/mol. The maximum atomic E-state index is 5.81. The van der Waals surface area contributed by atoms with Gasteiger partial charge >= 0.3 is 0 Å². The van der Waals surface area contributed by atoms with Gasteiger partial charge in [-0.3, -0.25) is 4.57 Å². The summed E-state index contributed by atoms with van der Waals surface area (Å²) < 4.78 is 13.5. The minimum atomic E-state index is 0.538. The molecule has 0 saturated carbocycles. The lowest BCUT2D eigenvalue weighted by molar-refractivity contribution is 0.171. The molecule has 1 aliphatic heterocycles. The molecule has 6 rings (SSSR count). The highest BCUT2D eigenvalue weighted by molar-refractivity contribution is 5.86. The van der Waals surface area contributed by atoms with Gasteiger partial charge in [0.25, 0.3) is 0 Å². The Hall–Kier alpha value is -3.93. The lowest BCUT2D eigenvalue weighted by atomic mass is 10.1. The highest BCUT2D eigenvalue weighted by Crippen LogP contribution is 2.35. The lowest BCUT2D eigenvalue weighted by Crippen LogP contribution is -2.15. The normalized spacial score (nSPS) is 13.1. The molecule has 0 unspecified atom stereocenters. The van der Waals surface area contributed by atoms with Crippen molar-refractivity contribution in [2.24, 2.45) is 0 Å². The van der Waals surface area contributed by atoms with E-state index >= 15 is 0 Å². The number of ether oxygens (including phenoxy) is 2. The molecule has 0 N–H and O–H groups in total. The third-order valence-corrected chi connectivity index (χ3v) is 5.26. The summed E-state index contributed by atoms with van der Waals surface area (Å²) in [5.41, 5.74) is 6.08. The van der Waals surface area contributed by atoms with Gasteiger partial charge in [0.15, 0.2) is 22.8 Å². The van der Waals surface area contributed by atoms with Gasteiger partial charge in [-0.1, -0.05) is 42.0 Å². The summed E-state index contributed by atoms with van der Waals surface area (Å²) in [6, 6.07) is 22.1. The number of benzene rings is 3. The topological polar surface area (TPSA) is 62.1 Å². The first-order valence-electron chi connectivity index (χ1n) is 9.88. The van der Waals surface area contributed by atoms with Crippen LogP contribution < -0.4 is 9.47 Å². The molecule has 2 aromatic heterocycles. The first kappa shape index (κ1) is 17.0. The summed E-state index contributed by atoms with van der Waals surface area (Å²) >= 11 is 0. The largest absolute Gasteiger partial charge is 0.486 e. The van der Waals surface area contributed by atoms with Gasteiger partial charge in [0.05, 0.1) is 16.7 Å². The smallest absolute Gasteiger partial charge is 0.199 e. The van der Waals surface area contributed by atoms with Gasteiger partial charge in [0.1, 0.15) is 19.0 Å². The number of hydrogen-bond donors (Lipinski definition) is 0. The molecular weight excluding hydrogens is 376 g/mol. The first-order valence-corrected chi connectivity index (χ1v) is 9.88. The van der Waals surface area contributed by atoms with Crippen LogP contribution in [0.4, 0.5) is 0 Å². The third-order valence-electron chi connectivity index (χ3n) is 5.26. The maximum absolute atomic E-state index is 5.81. The molecule has 1 aliphatic rings. The minimum absolute atomic E-state index is 0.538. The van der Waals surface area contributed by atoms with Gasteiger partial charge in [-0.25, -0.2) is 15.0 Å². The molecule has 30 heavy (non-hydrogen) atoms. The van der Waals surface area contributed by atoms with Crippen molar-refractivity contribution in [3.63, 3.8) is 0 Å². The predicted octanol–water partition coefficient (Wildman–Crippen LogP) is 4.72. The van der Waals surface area contributed by atoms with Gasteiger partial charge in [0.2, 0.25) is 0 Å². The second-order valence-electron chi connectivity index (χ2n) is 7.32. The van der Waals surface area contributed by atoms with Crippen molar-refractivity contribution in [1.82, 2.24) is 19.5 Å². The molecule has 0 saturated heterocycles. The van der Waals surface area contributed by atoms with E-state index in [2.05, 4.69) is 31.2 Å². The van der Waals surface area contributed by atoms with Crippen LogP contribution in [-0.2, 0) is 0 Å². The number of fused-ring (bicyclic) bond motifs is 3. The van der Waals surface area contributed by atoms with E-state index in [1.54, 1.807) is 0 Å². The number of aromatic nitrogens is 4. The molecule has 3 aromatic carbocycles. The van der Waals surface area contributed by atoms with E-state index in [0.29, 0.717) is 24.5 Å². The second-order valence-corrected chi connectivity index (χ2v) is 7.32. The fourth-order valence-corrected chi connectivity index (χ4v) is 3.77. The lowest BCUT2D eigenvalue weighted by Gasteiger charge is -2.19. The Bertz CT molecular complexity index is 1410. The fraction of sp³-hybridized carbons (Fsp3) is 0.125. The molecular formula is C24H18N4O2. The first-order chi connectivity index (χ1) is 14.8. The summed E-state index contributed by atoms with van der Waals surface area (Å²) in [6.45, 7) is 3.17. The van der Waals surface area contributed by atoms with E-state index in [1.165, 1.54) is 5.56 Å². The summed E-state index contributed by atoms with van der Waals surface area (Å²) in [7, 11) is 0. The standard InChI is InChI=1S/C24H18N4O2/c1-15-6-8-16(9-7-15)23-27-22-24(26-19-5-3-2-4-18(19)25-22)28(23)17-10-11-20-21(14-17)30-13-12-29-20/h2-11,14H,12-13H2,1H3. The molecule has 6 nitrogen and oxygen atoms in total. The molecule has 5 aromatic rings. The van der Waals surface area contributed by atoms with Crippen LogP contribution in [0.5, 0.6) is 11.5 Å². The molecule has 146 valence electrons. The SMILES string of the molecule is Cc1ccc(-c2nc3nc4ccccc4nc3n2-c2ccc3c(c2)OCCO3)cc1. The Morgan fingerprint density at radius 3 is 2.30 bits per heavy atom. The fourth-order valence-electron chi connectivity index (χ4n) is 3.77. The molecule has 0 spiro atoms. The number of hydrogen-bond acceptors (Lipinski definition) is 5. The zero-order chi connectivity index (χ0) is 20.1. The van der Waals surface area contributed by atoms with E-state index in [4.69, 9.17) is 24.4 Å².